The van der Waals surface area contributed by atoms with Crippen LogP contribution in [-0.2, 0) is 4.79 Å². The first-order valence-corrected chi connectivity index (χ1v) is 9.60. The van der Waals surface area contributed by atoms with Gasteiger partial charge in [-0.15, -0.1) is 11.3 Å². The van der Waals surface area contributed by atoms with Crippen LogP contribution < -0.4 is 10.1 Å². The van der Waals surface area contributed by atoms with Crippen molar-refractivity contribution in [1.29, 1.82) is 0 Å². The fraction of sp³-hybridized carbons (Fsp3) is 0.0455. The maximum Gasteiger partial charge on any atom is 0.264 e. The molecule has 0 aliphatic carbocycles. The quantitative estimate of drug-likeness (QED) is 0.512. The van der Waals surface area contributed by atoms with E-state index in [9.17, 15) is 4.79 Å². The van der Waals surface area contributed by atoms with Crippen LogP contribution in [0.25, 0.3) is 22.4 Å². The van der Waals surface area contributed by atoms with Crippen LogP contribution in [0.2, 0.25) is 0 Å². The SMILES string of the molecule is O=C(COc1ccccc1-c1ccccc1)Nc1nc(-c2cccnc2)cs1. The number of aromatic nitrogens is 2. The van der Waals surface area contributed by atoms with Crippen LogP contribution in [0.5, 0.6) is 5.75 Å². The molecule has 2 heterocycles. The normalized spacial score (nSPS) is 10.4. The maximum atomic E-state index is 12.3. The number of pyridine rings is 1. The number of ether oxygens (including phenoxy) is 1. The summed E-state index contributed by atoms with van der Waals surface area (Å²) in [7, 11) is 0. The second-order valence-electron chi connectivity index (χ2n) is 5.98. The van der Waals surface area contributed by atoms with Crippen LogP contribution in [0.15, 0.2) is 84.5 Å². The molecule has 4 aromatic rings. The van der Waals surface area contributed by atoms with Gasteiger partial charge in [0.15, 0.2) is 11.7 Å². The summed E-state index contributed by atoms with van der Waals surface area (Å²) < 4.78 is 5.77. The smallest absolute Gasteiger partial charge is 0.264 e. The lowest BCUT2D eigenvalue weighted by molar-refractivity contribution is -0.118. The zero-order valence-electron chi connectivity index (χ0n) is 14.9. The number of nitrogens with zero attached hydrogens (tertiary/aromatic N) is 2. The van der Waals surface area contributed by atoms with Crippen molar-refractivity contribution in [2.75, 3.05) is 11.9 Å². The van der Waals surface area contributed by atoms with E-state index in [1.54, 1.807) is 12.4 Å². The molecule has 1 N–H and O–H groups in total. The van der Waals surface area contributed by atoms with Crippen molar-refractivity contribution in [3.05, 3.63) is 84.5 Å². The van der Waals surface area contributed by atoms with Crippen LogP contribution in [0.1, 0.15) is 0 Å². The molecule has 0 aliphatic heterocycles. The number of amides is 1. The summed E-state index contributed by atoms with van der Waals surface area (Å²) in [5, 5.41) is 5.20. The van der Waals surface area contributed by atoms with Gasteiger partial charge in [0.1, 0.15) is 5.75 Å². The third kappa shape index (κ3) is 4.24. The van der Waals surface area contributed by atoms with E-state index in [4.69, 9.17) is 4.74 Å². The van der Waals surface area contributed by atoms with Gasteiger partial charge in [0.25, 0.3) is 5.91 Å². The number of hydrogen-bond acceptors (Lipinski definition) is 5. The zero-order valence-corrected chi connectivity index (χ0v) is 15.7. The van der Waals surface area contributed by atoms with E-state index in [0.717, 1.165) is 22.4 Å². The van der Waals surface area contributed by atoms with E-state index < -0.39 is 0 Å². The Balaban J connectivity index is 1.40. The van der Waals surface area contributed by atoms with Gasteiger partial charge in [-0.1, -0.05) is 48.5 Å². The van der Waals surface area contributed by atoms with Crippen molar-refractivity contribution in [3.8, 4) is 28.1 Å². The number of anilines is 1. The average Bonchev–Trinajstić information content (AvgIpc) is 3.22. The number of benzene rings is 2. The number of nitrogens with one attached hydrogen (secondary N) is 1. The van der Waals surface area contributed by atoms with Gasteiger partial charge in [-0.3, -0.25) is 15.1 Å². The third-order valence-corrected chi connectivity index (χ3v) is 4.80. The summed E-state index contributed by atoms with van der Waals surface area (Å²) in [5.74, 6) is 0.411. The highest BCUT2D eigenvalue weighted by molar-refractivity contribution is 7.14. The summed E-state index contributed by atoms with van der Waals surface area (Å²) in [4.78, 5) is 20.8. The lowest BCUT2D eigenvalue weighted by Gasteiger charge is -2.11. The van der Waals surface area contributed by atoms with E-state index in [1.165, 1.54) is 11.3 Å². The molecule has 0 radical (unpaired) electrons. The molecule has 0 aliphatic rings. The molecule has 4 rings (SSSR count). The van der Waals surface area contributed by atoms with Crippen molar-refractivity contribution in [3.63, 3.8) is 0 Å². The van der Waals surface area contributed by atoms with Gasteiger partial charge in [0, 0.05) is 28.9 Å². The highest BCUT2D eigenvalue weighted by atomic mass is 32.1. The third-order valence-electron chi connectivity index (χ3n) is 4.04. The minimum atomic E-state index is -0.255. The average molecular weight is 387 g/mol. The Hall–Kier alpha value is -3.51. The van der Waals surface area contributed by atoms with Gasteiger partial charge in [-0.25, -0.2) is 4.98 Å². The monoisotopic (exact) mass is 387 g/mol. The van der Waals surface area contributed by atoms with E-state index in [2.05, 4.69) is 15.3 Å². The van der Waals surface area contributed by atoms with Crippen molar-refractivity contribution < 1.29 is 9.53 Å². The van der Waals surface area contributed by atoms with Gasteiger partial charge < -0.3 is 4.74 Å². The van der Waals surface area contributed by atoms with Gasteiger partial charge >= 0.3 is 0 Å². The van der Waals surface area contributed by atoms with Crippen LogP contribution in [0.4, 0.5) is 5.13 Å². The fourth-order valence-corrected chi connectivity index (χ4v) is 3.46. The first kappa shape index (κ1) is 17.9. The second kappa shape index (κ2) is 8.45. The number of rotatable bonds is 6. The van der Waals surface area contributed by atoms with Crippen LogP contribution in [-0.4, -0.2) is 22.5 Å². The van der Waals surface area contributed by atoms with Gasteiger partial charge in [0.2, 0.25) is 0 Å². The van der Waals surface area contributed by atoms with Gasteiger partial charge in [-0.05, 0) is 23.8 Å². The van der Waals surface area contributed by atoms with Crippen LogP contribution in [0, 0.1) is 0 Å². The van der Waals surface area contributed by atoms with Crippen molar-refractivity contribution in [1.82, 2.24) is 9.97 Å². The Bertz CT molecular complexity index is 1070. The molecule has 0 unspecified atom stereocenters. The number of carbonyl (C=O) groups is 1. The highest BCUT2D eigenvalue weighted by Gasteiger charge is 2.11. The van der Waals surface area contributed by atoms with Crippen molar-refractivity contribution >= 4 is 22.4 Å². The molecule has 1 amide bonds. The van der Waals surface area contributed by atoms with Gasteiger partial charge in [0.05, 0.1) is 5.69 Å². The lowest BCUT2D eigenvalue weighted by Crippen LogP contribution is -2.20. The first-order chi connectivity index (χ1) is 13.8. The fourth-order valence-electron chi connectivity index (χ4n) is 2.73. The molecule has 5 nitrogen and oxygen atoms in total. The number of para-hydroxylation sites is 1. The Morgan fingerprint density at radius 2 is 1.75 bits per heavy atom. The summed E-state index contributed by atoms with van der Waals surface area (Å²) in [6, 6.07) is 21.4. The predicted molar refractivity (Wildman–Crippen MR) is 111 cm³/mol. The lowest BCUT2D eigenvalue weighted by atomic mass is 10.1. The van der Waals surface area contributed by atoms with E-state index in [-0.39, 0.29) is 12.5 Å². The maximum absolute atomic E-state index is 12.3. The summed E-state index contributed by atoms with van der Waals surface area (Å²) >= 11 is 1.37. The summed E-state index contributed by atoms with van der Waals surface area (Å²) in [6.45, 7) is -0.0916. The highest BCUT2D eigenvalue weighted by Crippen LogP contribution is 2.29. The molecule has 0 saturated heterocycles. The Morgan fingerprint density at radius 1 is 0.964 bits per heavy atom. The molecule has 2 aromatic carbocycles. The largest absolute Gasteiger partial charge is 0.483 e. The van der Waals surface area contributed by atoms with Gasteiger partial charge in [-0.2, -0.15) is 0 Å². The standard InChI is InChI=1S/C22H17N3O2S/c26-21(25-22-24-19(15-28-22)17-9-6-12-23-13-17)14-27-20-11-5-4-10-18(20)16-7-2-1-3-8-16/h1-13,15H,14H2,(H,24,25,26). The molecule has 0 atom stereocenters. The molecule has 2 aromatic heterocycles. The zero-order chi connectivity index (χ0) is 19.2. The molecule has 0 fully saturated rings. The first-order valence-electron chi connectivity index (χ1n) is 8.72. The summed E-state index contributed by atoms with van der Waals surface area (Å²) in [5.41, 5.74) is 3.68. The minimum absolute atomic E-state index is 0.0916. The van der Waals surface area contributed by atoms with E-state index >= 15 is 0 Å². The molecule has 28 heavy (non-hydrogen) atoms. The number of hydrogen-bond donors (Lipinski definition) is 1. The molecule has 0 spiro atoms. The van der Waals surface area contributed by atoms with Crippen LogP contribution in [0.3, 0.4) is 0 Å². The molecular formula is C22H17N3O2S. The minimum Gasteiger partial charge on any atom is -0.483 e. The van der Waals surface area contributed by atoms with E-state index in [0.29, 0.717) is 10.9 Å². The molecular weight excluding hydrogens is 370 g/mol. The Labute approximate surface area is 166 Å². The number of thiazole rings is 1. The summed E-state index contributed by atoms with van der Waals surface area (Å²) in [6.07, 6.45) is 3.45. The molecule has 138 valence electrons. The molecule has 0 saturated carbocycles. The topological polar surface area (TPSA) is 64.1 Å². The molecule has 6 heteroatoms. The van der Waals surface area contributed by atoms with Crippen molar-refractivity contribution in [2.24, 2.45) is 0 Å². The second-order valence-corrected chi connectivity index (χ2v) is 6.84. The Morgan fingerprint density at radius 3 is 2.57 bits per heavy atom. The van der Waals surface area contributed by atoms with E-state index in [1.807, 2.05) is 72.1 Å². The van der Waals surface area contributed by atoms with Crippen LogP contribution >= 0.6 is 11.3 Å². The molecule has 0 bridgehead atoms. The number of carbonyl (C=O) groups excluding carboxylic acids is 1. The Kier molecular flexibility index (Phi) is 5.40. The van der Waals surface area contributed by atoms with Crippen molar-refractivity contribution in [2.45, 2.75) is 0 Å². The predicted octanol–water partition coefficient (Wildman–Crippen LogP) is 4.89.